The molecule has 0 bridgehead atoms. The first kappa shape index (κ1) is 21.6. The van der Waals surface area contributed by atoms with Crippen molar-refractivity contribution >= 4 is 16.9 Å². The van der Waals surface area contributed by atoms with Crippen LogP contribution in [0.5, 0.6) is 5.75 Å². The van der Waals surface area contributed by atoms with Crippen molar-refractivity contribution in [1.29, 1.82) is 0 Å². The summed E-state index contributed by atoms with van der Waals surface area (Å²) in [6, 6.07) is 12.9. The number of ether oxygens (including phenoxy) is 1. The Morgan fingerprint density at radius 2 is 2.03 bits per heavy atom. The van der Waals surface area contributed by atoms with E-state index < -0.39 is 0 Å². The van der Waals surface area contributed by atoms with Crippen LogP contribution in [0.4, 0.5) is 4.39 Å². The number of aromatic amines is 1. The van der Waals surface area contributed by atoms with E-state index in [1.807, 2.05) is 44.6 Å². The van der Waals surface area contributed by atoms with Gasteiger partial charge in [0.1, 0.15) is 18.2 Å². The molecule has 3 N–H and O–H groups in total. The Hall–Kier alpha value is -3.06. The maximum absolute atomic E-state index is 13.3. The fourth-order valence-electron chi connectivity index (χ4n) is 3.18. The highest BCUT2D eigenvalue weighted by Gasteiger charge is 2.06. The molecule has 1 aromatic heterocycles. The minimum atomic E-state index is -0.231. The van der Waals surface area contributed by atoms with E-state index in [2.05, 4.69) is 31.6 Å². The highest BCUT2D eigenvalue weighted by Crippen LogP contribution is 2.19. The molecule has 3 rings (SSSR count). The van der Waals surface area contributed by atoms with Crippen molar-refractivity contribution < 1.29 is 9.13 Å². The van der Waals surface area contributed by atoms with Gasteiger partial charge in [-0.2, -0.15) is 0 Å². The summed E-state index contributed by atoms with van der Waals surface area (Å²) in [4.78, 5) is 9.51. The van der Waals surface area contributed by atoms with Crippen LogP contribution in [-0.2, 0) is 13.0 Å². The zero-order valence-corrected chi connectivity index (χ0v) is 17.8. The Morgan fingerprint density at radius 3 is 2.83 bits per heavy atom. The van der Waals surface area contributed by atoms with Gasteiger partial charge in [0.2, 0.25) is 0 Å². The Kier molecular flexibility index (Phi) is 7.68. The third-order valence-electron chi connectivity index (χ3n) is 4.81. The number of rotatable bonds is 9. The number of guanidine groups is 1. The molecular weight excluding hydrogens is 381 g/mol. The van der Waals surface area contributed by atoms with Crippen LogP contribution in [-0.4, -0.2) is 56.7 Å². The van der Waals surface area contributed by atoms with Gasteiger partial charge in [0.15, 0.2) is 5.96 Å². The SMILES string of the molecule is CN=C(NCCc1c[nH]c2cc(F)ccc12)NCc1cccc(OCCN(C)C)c1. The fourth-order valence-corrected chi connectivity index (χ4v) is 3.18. The first-order valence-electron chi connectivity index (χ1n) is 10.1. The highest BCUT2D eigenvalue weighted by molar-refractivity contribution is 5.83. The molecule has 3 aromatic rings. The lowest BCUT2D eigenvalue weighted by molar-refractivity contribution is 0.261. The van der Waals surface area contributed by atoms with E-state index in [0.717, 1.165) is 53.2 Å². The molecule has 6 nitrogen and oxygen atoms in total. The quantitative estimate of drug-likeness (QED) is 0.374. The van der Waals surface area contributed by atoms with Crippen LogP contribution in [0.3, 0.4) is 0 Å². The van der Waals surface area contributed by atoms with Crippen molar-refractivity contribution in [3.63, 3.8) is 0 Å². The average molecular weight is 412 g/mol. The van der Waals surface area contributed by atoms with Gasteiger partial charge in [-0.25, -0.2) is 4.39 Å². The van der Waals surface area contributed by atoms with Crippen LogP contribution in [0.25, 0.3) is 10.9 Å². The lowest BCUT2D eigenvalue weighted by atomic mass is 10.1. The maximum Gasteiger partial charge on any atom is 0.191 e. The number of aromatic nitrogens is 1. The van der Waals surface area contributed by atoms with Crippen LogP contribution < -0.4 is 15.4 Å². The lowest BCUT2D eigenvalue weighted by Crippen LogP contribution is -2.37. The number of benzene rings is 2. The minimum absolute atomic E-state index is 0.231. The molecule has 0 spiro atoms. The van der Waals surface area contributed by atoms with Gasteiger partial charge in [0.25, 0.3) is 0 Å². The van der Waals surface area contributed by atoms with E-state index in [1.165, 1.54) is 12.1 Å². The molecule has 0 aliphatic heterocycles. The van der Waals surface area contributed by atoms with E-state index in [0.29, 0.717) is 13.2 Å². The van der Waals surface area contributed by atoms with Gasteiger partial charge in [-0.1, -0.05) is 12.1 Å². The molecule has 0 radical (unpaired) electrons. The molecule has 2 aromatic carbocycles. The molecular formula is C23H30FN5O. The van der Waals surface area contributed by atoms with E-state index in [9.17, 15) is 4.39 Å². The number of hydrogen-bond donors (Lipinski definition) is 3. The molecule has 0 amide bonds. The normalized spacial score (nSPS) is 11.8. The Bertz CT molecular complexity index is 983. The van der Waals surface area contributed by atoms with Gasteiger partial charge in [0, 0.05) is 43.8 Å². The number of hydrogen-bond acceptors (Lipinski definition) is 3. The van der Waals surface area contributed by atoms with Crippen LogP contribution in [0.15, 0.2) is 53.7 Å². The molecule has 0 aliphatic carbocycles. The molecule has 30 heavy (non-hydrogen) atoms. The number of nitrogens with one attached hydrogen (secondary N) is 3. The number of halogens is 1. The van der Waals surface area contributed by atoms with Gasteiger partial charge < -0.3 is 25.3 Å². The Labute approximate surface area is 177 Å². The molecule has 0 saturated carbocycles. The second-order valence-corrected chi connectivity index (χ2v) is 7.41. The van der Waals surface area contributed by atoms with Crippen LogP contribution in [0, 0.1) is 5.82 Å². The summed E-state index contributed by atoms with van der Waals surface area (Å²) in [7, 11) is 5.81. The number of nitrogens with zero attached hydrogens (tertiary/aromatic N) is 2. The molecule has 7 heteroatoms. The molecule has 0 atom stereocenters. The number of H-pyrrole nitrogens is 1. The van der Waals surface area contributed by atoms with E-state index in [4.69, 9.17) is 4.74 Å². The summed E-state index contributed by atoms with van der Waals surface area (Å²) >= 11 is 0. The molecule has 160 valence electrons. The lowest BCUT2D eigenvalue weighted by Gasteiger charge is -2.13. The average Bonchev–Trinajstić information content (AvgIpc) is 3.12. The zero-order valence-electron chi connectivity index (χ0n) is 17.8. The molecule has 0 fully saturated rings. The van der Waals surface area contributed by atoms with Crippen molar-refractivity contribution in [3.05, 3.63) is 65.6 Å². The number of aliphatic imine (C=N–C) groups is 1. The molecule has 0 saturated heterocycles. The largest absolute Gasteiger partial charge is 0.492 e. The summed E-state index contributed by atoms with van der Waals surface area (Å²) in [5.74, 6) is 1.38. The van der Waals surface area contributed by atoms with Crippen LogP contribution in [0.2, 0.25) is 0 Å². The van der Waals surface area contributed by atoms with Crippen molar-refractivity contribution in [1.82, 2.24) is 20.5 Å². The maximum atomic E-state index is 13.3. The first-order chi connectivity index (χ1) is 14.5. The van der Waals surface area contributed by atoms with Gasteiger partial charge in [-0.15, -0.1) is 0 Å². The Balaban J connectivity index is 1.46. The van der Waals surface area contributed by atoms with E-state index >= 15 is 0 Å². The summed E-state index contributed by atoms with van der Waals surface area (Å²) in [5.41, 5.74) is 3.09. The Morgan fingerprint density at radius 1 is 1.17 bits per heavy atom. The van der Waals surface area contributed by atoms with Crippen molar-refractivity contribution in [2.24, 2.45) is 4.99 Å². The van der Waals surface area contributed by atoms with Gasteiger partial charge in [-0.05, 0) is 62.0 Å². The minimum Gasteiger partial charge on any atom is -0.492 e. The third kappa shape index (κ3) is 6.22. The topological polar surface area (TPSA) is 64.7 Å². The second kappa shape index (κ2) is 10.6. The predicted octanol–water partition coefficient (Wildman–Crippen LogP) is 3.16. The second-order valence-electron chi connectivity index (χ2n) is 7.41. The smallest absolute Gasteiger partial charge is 0.191 e. The molecule has 1 heterocycles. The summed E-state index contributed by atoms with van der Waals surface area (Å²) in [6.07, 6.45) is 2.74. The van der Waals surface area contributed by atoms with Gasteiger partial charge in [-0.3, -0.25) is 4.99 Å². The summed E-state index contributed by atoms with van der Waals surface area (Å²) in [5, 5.41) is 7.71. The third-order valence-corrected chi connectivity index (χ3v) is 4.81. The molecule has 0 aliphatic rings. The monoisotopic (exact) mass is 411 g/mol. The van der Waals surface area contributed by atoms with Crippen molar-refractivity contribution in [2.45, 2.75) is 13.0 Å². The van der Waals surface area contributed by atoms with Crippen LogP contribution in [0.1, 0.15) is 11.1 Å². The zero-order chi connectivity index (χ0) is 21.3. The highest BCUT2D eigenvalue weighted by atomic mass is 19.1. The number of likely N-dealkylation sites (N-methyl/N-ethyl adjacent to an activating group) is 1. The van der Waals surface area contributed by atoms with E-state index in [1.54, 1.807) is 7.05 Å². The van der Waals surface area contributed by atoms with Gasteiger partial charge >= 0.3 is 0 Å². The standard InChI is InChI=1S/C23H30FN5O/c1-25-23(26-10-9-18-16-27-22-14-19(24)7-8-21(18)22)28-15-17-5-4-6-20(13-17)30-12-11-29(2)3/h4-8,13-14,16,27H,9-12,15H2,1-3H3,(H2,25,26,28). The number of fused-ring (bicyclic) bond motifs is 1. The van der Waals surface area contributed by atoms with Crippen molar-refractivity contribution in [3.8, 4) is 5.75 Å². The van der Waals surface area contributed by atoms with Crippen LogP contribution >= 0.6 is 0 Å². The first-order valence-corrected chi connectivity index (χ1v) is 10.1. The van der Waals surface area contributed by atoms with E-state index in [-0.39, 0.29) is 5.82 Å². The van der Waals surface area contributed by atoms with Crippen molar-refractivity contribution in [2.75, 3.05) is 40.8 Å². The van der Waals surface area contributed by atoms with Gasteiger partial charge in [0.05, 0.1) is 0 Å². The summed E-state index contributed by atoms with van der Waals surface area (Å²) in [6.45, 7) is 2.91. The predicted molar refractivity (Wildman–Crippen MR) is 121 cm³/mol. The summed E-state index contributed by atoms with van der Waals surface area (Å²) < 4.78 is 19.1. The molecule has 0 unspecified atom stereocenters. The fraction of sp³-hybridized carbons (Fsp3) is 0.348.